The first-order chi connectivity index (χ1) is 11.9. The van der Waals surface area contributed by atoms with Crippen molar-refractivity contribution in [2.75, 3.05) is 23.4 Å². The molecule has 0 bridgehead atoms. The number of halogens is 2. The molecule has 0 radical (unpaired) electrons. The van der Waals surface area contributed by atoms with Gasteiger partial charge in [-0.1, -0.05) is 0 Å². The number of nitrogens with zero attached hydrogens (tertiary/aromatic N) is 2. The van der Waals surface area contributed by atoms with Crippen LogP contribution in [0.1, 0.15) is 26.7 Å². The number of piperazine rings is 1. The predicted octanol–water partition coefficient (Wildman–Crippen LogP) is 2.17. The lowest BCUT2D eigenvalue weighted by Gasteiger charge is -2.38. The molecule has 2 aliphatic rings. The number of hydrogen-bond acceptors (Lipinski definition) is 4. The van der Waals surface area contributed by atoms with E-state index in [4.69, 9.17) is 0 Å². The van der Waals surface area contributed by atoms with Crippen molar-refractivity contribution in [1.29, 1.82) is 0 Å². The zero-order chi connectivity index (χ0) is 17.7. The van der Waals surface area contributed by atoms with Gasteiger partial charge >= 0.3 is 0 Å². The van der Waals surface area contributed by atoms with Gasteiger partial charge in [0, 0.05) is 43.5 Å². The van der Waals surface area contributed by atoms with Crippen LogP contribution >= 0.6 is 0 Å². The van der Waals surface area contributed by atoms with E-state index in [1.54, 1.807) is 4.90 Å². The Morgan fingerprint density at radius 2 is 1.88 bits per heavy atom. The highest BCUT2D eigenvalue weighted by molar-refractivity contribution is 5.84. The molecule has 2 fully saturated rings. The smallest absolute Gasteiger partial charge is 0.189 e. The summed E-state index contributed by atoms with van der Waals surface area (Å²) in [7, 11) is 0. The normalized spacial score (nSPS) is 23.9. The van der Waals surface area contributed by atoms with Crippen molar-refractivity contribution in [2.24, 2.45) is 0 Å². The van der Waals surface area contributed by atoms with E-state index in [1.165, 1.54) is 23.0 Å². The molecule has 2 heterocycles. The Hall–Kier alpha value is -2.15. The summed E-state index contributed by atoms with van der Waals surface area (Å²) in [5, 5.41) is 3.42. The van der Waals surface area contributed by atoms with Crippen LogP contribution in [-0.2, 0) is 0 Å². The molecule has 5 nitrogen and oxygen atoms in total. The second-order valence-corrected chi connectivity index (χ2v) is 7.24. The van der Waals surface area contributed by atoms with Gasteiger partial charge in [0.05, 0.1) is 5.39 Å². The summed E-state index contributed by atoms with van der Waals surface area (Å²) < 4.78 is 31.6. The number of rotatable bonds is 3. The lowest BCUT2D eigenvalue weighted by molar-refractivity contribution is 0.400. The molecule has 1 aromatic carbocycles. The molecule has 2 unspecified atom stereocenters. The monoisotopic (exact) mass is 348 g/mol. The first-order valence-corrected chi connectivity index (χ1v) is 8.75. The Balaban J connectivity index is 1.88. The van der Waals surface area contributed by atoms with E-state index in [-0.39, 0.29) is 40.1 Å². The van der Waals surface area contributed by atoms with Gasteiger partial charge < -0.3 is 15.6 Å². The number of hydrogen-bond donors (Lipinski definition) is 2. The SMILES string of the molecule is CC1CN(c2c(F)cc3c(=O)ccn(NC4CC4)c3c2F)CC(C)N1. The van der Waals surface area contributed by atoms with Gasteiger partial charge in [-0.15, -0.1) is 0 Å². The van der Waals surface area contributed by atoms with E-state index >= 15 is 4.39 Å². The van der Waals surface area contributed by atoms with E-state index in [1.807, 2.05) is 13.8 Å². The molecule has 0 amide bonds. The van der Waals surface area contributed by atoms with Crippen LogP contribution < -0.4 is 21.1 Å². The summed E-state index contributed by atoms with van der Waals surface area (Å²) >= 11 is 0. The third-order valence-electron chi connectivity index (χ3n) is 4.82. The average Bonchev–Trinajstić information content (AvgIpc) is 3.33. The molecule has 1 saturated carbocycles. The van der Waals surface area contributed by atoms with Crippen LogP contribution in [0.15, 0.2) is 23.1 Å². The van der Waals surface area contributed by atoms with Crippen molar-refractivity contribution in [3.05, 3.63) is 40.2 Å². The highest BCUT2D eigenvalue weighted by Gasteiger charge is 2.29. The summed E-state index contributed by atoms with van der Waals surface area (Å²) in [6.45, 7) is 5.00. The molecule has 1 saturated heterocycles. The van der Waals surface area contributed by atoms with Gasteiger partial charge in [0.15, 0.2) is 11.2 Å². The Morgan fingerprint density at radius 1 is 1.20 bits per heavy atom. The molecule has 25 heavy (non-hydrogen) atoms. The van der Waals surface area contributed by atoms with Crippen LogP contribution in [0, 0.1) is 11.6 Å². The number of pyridine rings is 1. The molecular weight excluding hydrogens is 326 g/mol. The van der Waals surface area contributed by atoms with E-state index in [0.29, 0.717) is 13.1 Å². The number of anilines is 1. The summed E-state index contributed by atoms with van der Waals surface area (Å²) in [5.74, 6) is -1.37. The van der Waals surface area contributed by atoms with Crippen molar-refractivity contribution in [3.8, 4) is 0 Å². The Morgan fingerprint density at radius 3 is 2.52 bits per heavy atom. The van der Waals surface area contributed by atoms with Gasteiger partial charge in [0.2, 0.25) is 0 Å². The third kappa shape index (κ3) is 2.97. The highest BCUT2D eigenvalue weighted by Crippen LogP contribution is 2.31. The second-order valence-electron chi connectivity index (χ2n) is 7.24. The number of fused-ring (bicyclic) bond motifs is 1. The van der Waals surface area contributed by atoms with Crippen LogP contribution in [0.25, 0.3) is 10.9 Å². The van der Waals surface area contributed by atoms with Crippen molar-refractivity contribution < 1.29 is 8.78 Å². The third-order valence-corrected chi connectivity index (χ3v) is 4.82. The minimum absolute atomic E-state index is 0.0513. The summed E-state index contributed by atoms with van der Waals surface area (Å²) in [6, 6.07) is 3.03. The average molecular weight is 348 g/mol. The lowest BCUT2D eigenvalue weighted by atomic mass is 10.1. The molecule has 1 aromatic heterocycles. The standard InChI is InChI=1S/C18H22F2N4O/c1-10-8-23(9-11(2)21-10)18-14(19)7-13-15(25)5-6-24(17(13)16(18)20)22-12-3-4-12/h5-7,10-12,21-22H,3-4,8-9H2,1-2H3. The molecule has 2 N–H and O–H groups in total. The Kier molecular flexibility index (Phi) is 3.91. The van der Waals surface area contributed by atoms with E-state index in [2.05, 4.69) is 10.7 Å². The molecular formula is C18H22F2N4O. The fourth-order valence-corrected chi connectivity index (χ4v) is 3.64. The molecule has 1 aliphatic carbocycles. The van der Waals surface area contributed by atoms with Gasteiger partial charge in [-0.05, 0) is 32.8 Å². The number of aromatic nitrogens is 1. The molecule has 134 valence electrons. The van der Waals surface area contributed by atoms with E-state index < -0.39 is 11.6 Å². The summed E-state index contributed by atoms with van der Waals surface area (Å²) in [4.78, 5) is 13.9. The largest absolute Gasteiger partial charge is 0.364 e. The van der Waals surface area contributed by atoms with Crippen LogP contribution in [0.5, 0.6) is 0 Å². The fourth-order valence-electron chi connectivity index (χ4n) is 3.64. The van der Waals surface area contributed by atoms with Crippen molar-refractivity contribution in [3.63, 3.8) is 0 Å². The van der Waals surface area contributed by atoms with Crippen LogP contribution in [-0.4, -0.2) is 35.9 Å². The van der Waals surface area contributed by atoms with E-state index in [9.17, 15) is 9.18 Å². The molecule has 4 rings (SSSR count). The van der Waals surface area contributed by atoms with Gasteiger partial charge in [0.1, 0.15) is 17.0 Å². The molecule has 2 atom stereocenters. The lowest BCUT2D eigenvalue weighted by Crippen LogP contribution is -2.54. The predicted molar refractivity (Wildman–Crippen MR) is 94.8 cm³/mol. The first kappa shape index (κ1) is 16.3. The van der Waals surface area contributed by atoms with Crippen LogP contribution in [0.3, 0.4) is 0 Å². The molecule has 7 heteroatoms. The minimum atomic E-state index is -0.687. The fraction of sp³-hybridized carbons (Fsp3) is 0.500. The first-order valence-electron chi connectivity index (χ1n) is 8.75. The maximum atomic E-state index is 15.4. The van der Waals surface area contributed by atoms with E-state index in [0.717, 1.165) is 12.8 Å². The molecule has 0 spiro atoms. The number of nitrogens with one attached hydrogen (secondary N) is 2. The van der Waals surface area contributed by atoms with Gasteiger partial charge in [-0.3, -0.25) is 9.47 Å². The zero-order valence-electron chi connectivity index (χ0n) is 14.4. The highest BCUT2D eigenvalue weighted by atomic mass is 19.1. The quantitative estimate of drug-likeness (QED) is 0.893. The minimum Gasteiger partial charge on any atom is -0.364 e. The molecule has 2 aromatic rings. The van der Waals surface area contributed by atoms with Crippen molar-refractivity contribution in [2.45, 2.75) is 44.8 Å². The molecule has 1 aliphatic heterocycles. The number of benzene rings is 1. The maximum absolute atomic E-state index is 15.4. The van der Waals surface area contributed by atoms with Gasteiger partial charge in [-0.25, -0.2) is 8.78 Å². The second kappa shape index (κ2) is 5.98. The Labute approximate surface area is 144 Å². The van der Waals surface area contributed by atoms with Gasteiger partial charge in [-0.2, -0.15) is 0 Å². The maximum Gasteiger partial charge on any atom is 0.189 e. The van der Waals surface area contributed by atoms with Crippen LogP contribution in [0.2, 0.25) is 0 Å². The van der Waals surface area contributed by atoms with Crippen LogP contribution in [0.4, 0.5) is 14.5 Å². The summed E-state index contributed by atoms with van der Waals surface area (Å²) in [5.41, 5.74) is 2.87. The zero-order valence-corrected chi connectivity index (χ0v) is 14.4. The van der Waals surface area contributed by atoms with Crippen molar-refractivity contribution in [1.82, 2.24) is 9.99 Å². The van der Waals surface area contributed by atoms with Gasteiger partial charge in [0.25, 0.3) is 0 Å². The topological polar surface area (TPSA) is 49.3 Å². The van der Waals surface area contributed by atoms with Crippen molar-refractivity contribution >= 4 is 16.6 Å². The Bertz CT molecular complexity index is 867. The summed E-state index contributed by atoms with van der Waals surface area (Å²) in [6.07, 6.45) is 3.54.